The Hall–Kier alpha value is -1.32. The standard InChI is InChI=1S/C11H17NO3/c1-7(2)10(13)12-9-6-4-3-5-8(9)11(14)15/h8-9H,1,3-6H2,2H3,(H,12,13)(H,14,15)/t8-,9+/m0/s1. The van der Waals surface area contributed by atoms with Crippen molar-refractivity contribution in [3.63, 3.8) is 0 Å². The Morgan fingerprint density at radius 3 is 2.47 bits per heavy atom. The normalized spacial score (nSPS) is 25.7. The van der Waals surface area contributed by atoms with Crippen molar-refractivity contribution in [1.29, 1.82) is 0 Å². The van der Waals surface area contributed by atoms with E-state index < -0.39 is 11.9 Å². The third-order valence-corrected chi connectivity index (χ3v) is 2.79. The zero-order chi connectivity index (χ0) is 11.4. The van der Waals surface area contributed by atoms with Crippen molar-refractivity contribution in [2.75, 3.05) is 0 Å². The second-order valence-electron chi connectivity index (χ2n) is 4.09. The van der Waals surface area contributed by atoms with Crippen LogP contribution in [0.15, 0.2) is 12.2 Å². The van der Waals surface area contributed by atoms with E-state index in [9.17, 15) is 9.59 Å². The van der Waals surface area contributed by atoms with Crippen LogP contribution in [0, 0.1) is 5.92 Å². The molecule has 0 radical (unpaired) electrons. The summed E-state index contributed by atoms with van der Waals surface area (Å²) in [6.45, 7) is 5.15. The molecule has 0 aliphatic heterocycles. The molecule has 15 heavy (non-hydrogen) atoms. The van der Waals surface area contributed by atoms with E-state index in [4.69, 9.17) is 5.11 Å². The van der Waals surface area contributed by atoms with Gasteiger partial charge in [0.2, 0.25) is 5.91 Å². The summed E-state index contributed by atoms with van der Waals surface area (Å²) in [4.78, 5) is 22.3. The summed E-state index contributed by atoms with van der Waals surface area (Å²) in [6, 6.07) is -0.236. The van der Waals surface area contributed by atoms with Gasteiger partial charge in [0.25, 0.3) is 0 Å². The maximum absolute atomic E-state index is 11.4. The molecular weight excluding hydrogens is 194 g/mol. The largest absolute Gasteiger partial charge is 0.481 e. The zero-order valence-corrected chi connectivity index (χ0v) is 8.95. The monoisotopic (exact) mass is 211 g/mol. The first-order chi connectivity index (χ1) is 7.02. The summed E-state index contributed by atoms with van der Waals surface area (Å²) in [5.41, 5.74) is 0.421. The highest BCUT2D eigenvalue weighted by atomic mass is 16.4. The molecule has 1 aliphatic carbocycles. The van der Waals surface area contributed by atoms with Crippen molar-refractivity contribution >= 4 is 11.9 Å². The number of carboxylic acid groups (broad SMARTS) is 1. The van der Waals surface area contributed by atoms with Crippen molar-refractivity contribution in [2.45, 2.75) is 38.6 Å². The molecular formula is C11H17NO3. The van der Waals surface area contributed by atoms with Crippen LogP contribution in [0.3, 0.4) is 0 Å². The van der Waals surface area contributed by atoms with E-state index in [0.717, 1.165) is 19.3 Å². The minimum atomic E-state index is -0.818. The van der Waals surface area contributed by atoms with Crippen LogP contribution < -0.4 is 5.32 Å². The van der Waals surface area contributed by atoms with Gasteiger partial charge < -0.3 is 10.4 Å². The number of amides is 1. The van der Waals surface area contributed by atoms with Crippen LogP contribution in [0.2, 0.25) is 0 Å². The van der Waals surface area contributed by atoms with E-state index in [1.165, 1.54) is 0 Å². The van der Waals surface area contributed by atoms with E-state index >= 15 is 0 Å². The van der Waals surface area contributed by atoms with E-state index in [-0.39, 0.29) is 11.9 Å². The molecule has 4 heteroatoms. The molecule has 4 nitrogen and oxygen atoms in total. The predicted octanol–water partition coefficient (Wildman–Crippen LogP) is 1.32. The molecule has 0 saturated heterocycles. The lowest BCUT2D eigenvalue weighted by atomic mass is 9.84. The first-order valence-corrected chi connectivity index (χ1v) is 5.21. The van der Waals surface area contributed by atoms with Gasteiger partial charge in [0.15, 0.2) is 0 Å². The molecule has 1 fully saturated rings. The van der Waals surface area contributed by atoms with Gasteiger partial charge >= 0.3 is 5.97 Å². The highest BCUT2D eigenvalue weighted by Crippen LogP contribution is 2.24. The van der Waals surface area contributed by atoms with Crippen LogP contribution in [0.1, 0.15) is 32.6 Å². The lowest BCUT2D eigenvalue weighted by molar-refractivity contribution is -0.144. The van der Waals surface area contributed by atoms with Gasteiger partial charge in [-0.2, -0.15) is 0 Å². The topological polar surface area (TPSA) is 66.4 Å². The van der Waals surface area contributed by atoms with E-state index in [1.807, 2.05) is 0 Å². The molecule has 0 aromatic rings. The van der Waals surface area contributed by atoms with Gasteiger partial charge in [-0.15, -0.1) is 0 Å². The molecule has 2 N–H and O–H groups in total. The molecule has 1 rings (SSSR count). The van der Waals surface area contributed by atoms with Crippen molar-refractivity contribution in [3.05, 3.63) is 12.2 Å². The van der Waals surface area contributed by atoms with Crippen molar-refractivity contribution in [3.8, 4) is 0 Å². The van der Waals surface area contributed by atoms with Gasteiger partial charge in [-0.3, -0.25) is 9.59 Å². The summed E-state index contributed by atoms with van der Waals surface area (Å²) >= 11 is 0. The average molecular weight is 211 g/mol. The first-order valence-electron chi connectivity index (χ1n) is 5.21. The lowest BCUT2D eigenvalue weighted by Gasteiger charge is -2.29. The second-order valence-corrected chi connectivity index (χ2v) is 4.09. The summed E-state index contributed by atoms with van der Waals surface area (Å²) in [5, 5.41) is 11.7. The van der Waals surface area contributed by atoms with Crippen LogP contribution in [-0.2, 0) is 9.59 Å². The summed E-state index contributed by atoms with van der Waals surface area (Å²) in [7, 11) is 0. The average Bonchev–Trinajstić information content (AvgIpc) is 2.18. The number of carbonyl (C=O) groups excluding carboxylic acids is 1. The lowest BCUT2D eigenvalue weighted by Crippen LogP contribution is -2.45. The summed E-state index contributed by atoms with van der Waals surface area (Å²) in [5.74, 6) is -1.50. The van der Waals surface area contributed by atoms with Gasteiger partial charge in [-0.05, 0) is 19.8 Å². The molecule has 0 heterocycles. The quantitative estimate of drug-likeness (QED) is 0.692. The van der Waals surface area contributed by atoms with Crippen LogP contribution in [0.5, 0.6) is 0 Å². The minimum absolute atomic E-state index is 0.236. The van der Waals surface area contributed by atoms with Crippen LogP contribution in [-0.4, -0.2) is 23.0 Å². The fourth-order valence-corrected chi connectivity index (χ4v) is 1.89. The molecule has 0 bridgehead atoms. The van der Waals surface area contributed by atoms with E-state index in [2.05, 4.69) is 11.9 Å². The maximum Gasteiger partial charge on any atom is 0.308 e. The van der Waals surface area contributed by atoms with Gasteiger partial charge in [-0.25, -0.2) is 0 Å². The Kier molecular flexibility index (Phi) is 3.88. The number of hydrogen-bond donors (Lipinski definition) is 2. The van der Waals surface area contributed by atoms with Gasteiger partial charge in [0, 0.05) is 11.6 Å². The van der Waals surface area contributed by atoms with Gasteiger partial charge in [0.05, 0.1) is 5.92 Å². The Bertz CT molecular complexity index is 286. The summed E-state index contributed by atoms with van der Waals surface area (Å²) < 4.78 is 0. The molecule has 1 aliphatic rings. The Morgan fingerprint density at radius 1 is 1.33 bits per heavy atom. The smallest absolute Gasteiger partial charge is 0.308 e. The number of rotatable bonds is 3. The van der Waals surface area contributed by atoms with Gasteiger partial charge in [-0.1, -0.05) is 19.4 Å². The SMILES string of the molecule is C=C(C)C(=O)N[C@@H]1CCCC[C@@H]1C(=O)O. The fraction of sp³-hybridized carbons (Fsp3) is 0.636. The second kappa shape index (κ2) is 4.96. The Balaban J connectivity index is 2.61. The number of carbonyl (C=O) groups is 2. The van der Waals surface area contributed by atoms with E-state index in [1.54, 1.807) is 6.92 Å². The number of nitrogens with one attached hydrogen (secondary N) is 1. The summed E-state index contributed by atoms with van der Waals surface area (Å²) in [6.07, 6.45) is 3.30. The van der Waals surface area contributed by atoms with Crippen molar-refractivity contribution in [2.24, 2.45) is 5.92 Å². The van der Waals surface area contributed by atoms with Crippen LogP contribution in [0.25, 0.3) is 0 Å². The predicted molar refractivity (Wildman–Crippen MR) is 56.3 cm³/mol. The van der Waals surface area contributed by atoms with Crippen LogP contribution in [0.4, 0.5) is 0 Å². The van der Waals surface area contributed by atoms with Crippen LogP contribution >= 0.6 is 0 Å². The molecule has 2 atom stereocenters. The fourth-order valence-electron chi connectivity index (χ4n) is 1.89. The molecule has 0 aromatic carbocycles. The molecule has 1 saturated carbocycles. The number of aliphatic carboxylic acids is 1. The zero-order valence-electron chi connectivity index (χ0n) is 8.95. The van der Waals surface area contributed by atoms with Gasteiger partial charge in [0.1, 0.15) is 0 Å². The third kappa shape index (κ3) is 3.08. The Labute approximate surface area is 89.4 Å². The molecule has 1 amide bonds. The van der Waals surface area contributed by atoms with Crippen molar-refractivity contribution in [1.82, 2.24) is 5.32 Å². The van der Waals surface area contributed by atoms with Crippen molar-refractivity contribution < 1.29 is 14.7 Å². The maximum atomic E-state index is 11.4. The molecule has 84 valence electrons. The highest BCUT2D eigenvalue weighted by Gasteiger charge is 2.31. The highest BCUT2D eigenvalue weighted by molar-refractivity contribution is 5.92. The first kappa shape index (κ1) is 11.8. The molecule has 0 unspecified atom stereocenters. The Morgan fingerprint density at radius 2 is 1.93 bits per heavy atom. The molecule has 0 spiro atoms. The van der Waals surface area contributed by atoms with E-state index in [0.29, 0.717) is 12.0 Å². The minimum Gasteiger partial charge on any atom is -0.481 e. The third-order valence-electron chi connectivity index (χ3n) is 2.79. The number of hydrogen-bond acceptors (Lipinski definition) is 2. The number of carboxylic acids is 1. The molecule has 0 aromatic heterocycles.